The number of nitrogens with two attached hydrogens (primary N) is 1. The van der Waals surface area contributed by atoms with Crippen LogP contribution in [0.1, 0.15) is 46.0 Å². The number of carbonyl (C=O) groups is 1. The summed E-state index contributed by atoms with van der Waals surface area (Å²) in [4.78, 5) is 11.3. The van der Waals surface area contributed by atoms with Gasteiger partial charge in [0.1, 0.15) is 0 Å². The lowest BCUT2D eigenvalue weighted by Crippen LogP contribution is -2.43. The Hall–Kier alpha value is -0.570. The van der Waals surface area contributed by atoms with Crippen molar-refractivity contribution in [3.8, 4) is 0 Å². The third-order valence-corrected chi connectivity index (χ3v) is 3.16. The number of hydrogen-bond donors (Lipinski definition) is 2. The van der Waals surface area contributed by atoms with Crippen LogP contribution < -0.4 is 11.1 Å². The van der Waals surface area contributed by atoms with E-state index in [4.69, 9.17) is 5.73 Å². The Kier molecular flexibility index (Phi) is 3.93. The molecule has 3 nitrogen and oxygen atoms in total. The predicted molar refractivity (Wildman–Crippen MR) is 57.9 cm³/mol. The SMILES string of the molecule is C[C@@H](N)C(=O)NCC1(C)CCCCC1. The van der Waals surface area contributed by atoms with Crippen LogP contribution in [0.3, 0.4) is 0 Å². The molecule has 1 amide bonds. The maximum Gasteiger partial charge on any atom is 0.236 e. The summed E-state index contributed by atoms with van der Waals surface area (Å²) < 4.78 is 0. The quantitative estimate of drug-likeness (QED) is 0.720. The molecule has 1 aliphatic carbocycles. The molecular weight excluding hydrogens is 176 g/mol. The summed E-state index contributed by atoms with van der Waals surface area (Å²) in [5, 5.41) is 2.93. The van der Waals surface area contributed by atoms with Crippen LogP contribution >= 0.6 is 0 Å². The van der Waals surface area contributed by atoms with Crippen molar-refractivity contribution in [1.29, 1.82) is 0 Å². The van der Waals surface area contributed by atoms with Gasteiger partial charge >= 0.3 is 0 Å². The van der Waals surface area contributed by atoms with Gasteiger partial charge in [-0.2, -0.15) is 0 Å². The van der Waals surface area contributed by atoms with E-state index in [-0.39, 0.29) is 11.9 Å². The molecule has 3 N–H and O–H groups in total. The fourth-order valence-corrected chi connectivity index (χ4v) is 2.04. The van der Waals surface area contributed by atoms with Crippen molar-refractivity contribution >= 4 is 5.91 Å². The lowest BCUT2D eigenvalue weighted by atomic mass is 9.76. The lowest BCUT2D eigenvalue weighted by molar-refractivity contribution is -0.122. The normalized spacial score (nSPS) is 22.8. The third-order valence-electron chi connectivity index (χ3n) is 3.16. The Morgan fingerprint density at radius 3 is 2.50 bits per heavy atom. The second-order valence-electron chi connectivity index (χ2n) is 4.88. The van der Waals surface area contributed by atoms with Crippen molar-refractivity contribution in [3.05, 3.63) is 0 Å². The molecule has 1 atom stereocenters. The van der Waals surface area contributed by atoms with Gasteiger partial charge in [0.25, 0.3) is 0 Å². The standard InChI is InChI=1S/C11H22N2O/c1-9(12)10(14)13-8-11(2)6-4-3-5-7-11/h9H,3-8,12H2,1-2H3,(H,13,14)/t9-/m1/s1. The molecule has 0 radical (unpaired) electrons. The minimum absolute atomic E-state index is 0.0307. The van der Waals surface area contributed by atoms with Crippen molar-refractivity contribution in [1.82, 2.24) is 5.32 Å². The van der Waals surface area contributed by atoms with E-state index in [2.05, 4.69) is 12.2 Å². The van der Waals surface area contributed by atoms with Crippen molar-refractivity contribution in [2.24, 2.45) is 11.1 Å². The van der Waals surface area contributed by atoms with Crippen LogP contribution in [0.25, 0.3) is 0 Å². The van der Waals surface area contributed by atoms with E-state index in [1.54, 1.807) is 6.92 Å². The maximum absolute atomic E-state index is 11.3. The van der Waals surface area contributed by atoms with Gasteiger partial charge in [-0.15, -0.1) is 0 Å². The molecule has 1 fully saturated rings. The molecule has 3 heteroatoms. The van der Waals surface area contributed by atoms with Crippen molar-refractivity contribution in [2.45, 2.75) is 52.0 Å². The molecule has 0 heterocycles. The number of hydrogen-bond acceptors (Lipinski definition) is 2. The molecule has 0 bridgehead atoms. The van der Waals surface area contributed by atoms with Gasteiger partial charge in [-0.05, 0) is 25.2 Å². The van der Waals surface area contributed by atoms with Gasteiger partial charge in [0.15, 0.2) is 0 Å². The Morgan fingerprint density at radius 2 is 2.00 bits per heavy atom. The summed E-state index contributed by atoms with van der Waals surface area (Å²) in [6, 6.07) is -0.387. The van der Waals surface area contributed by atoms with Crippen molar-refractivity contribution < 1.29 is 4.79 Å². The van der Waals surface area contributed by atoms with Gasteiger partial charge in [0.05, 0.1) is 6.04 Å². The molecular formula is C11H22N2O. The van der Waals surface area contributed by atoms with E-state index >= 15 is 0 Å². The Bertz CT molecular complexity index is 195. The summed E-state index contributed by atoms with van der Waals surface area (Å²) in [5.41, 5.74) is 5.79. The Balaban J connectivity index is 2.32. The highest BCUT2D eigenvalue weighted by molar-refractivity contribution is 5.80. The summed E-state index contributed by atoms with van der Waals surface area (Å²) in [6.45, 7) is 4.76. The number of rotatable bonds is 3. The first-order chi connectivity index (χ1) is 6.53. The molecule has 14 heavy (non-hydrogen) atoms. The van der Waals surface area contributed by atoms with Crippen molar-refractivity contribution in [2.75, 3.05) is 6.54 Å². The molecule has 1 saturated carbocycles. The van der Waals surface area contributed by atoms with Gasteiger partial charge in [0.2, 0.25) is 5.91 Å². The molecule has 0 spiro atoms. The summed E-state index contributed by atoms with van der Waals surface area (Å²) in [5.74, 6) is -0.0307. The second kappa shape index (κ2) is 4.78. The zero-order valence-electron chi connectivity index (χ0n) is 9.31. The molecule has 82 valence electrons. The number of carbonyl (C=O) groups excluding carboxylic acids is 1. The van der Waals surface area contributed by atoms with Gasteiger partial charge in [-0.25, -0.2) is 0 Å². The number of amides is 1. The average molecular weight is 198 g/mol. The molecule has 0 aromatic carbocycles. The molecule has 0 aromatic rings. The van der Waals surface area contributed by atoms with Crippen molar-refractivity contribution in [3.63, 3.8) is 0 Å². The van der Waals surface area contributed by atoms with Crippen LogP contribution in [-0.4, -0.2) is 18.5 Å². The minimum atomic E-state index is -0.387. The highest BCUT2D eigenvalue weighted by Gasteiger charge is 2.27. The highest BCUT2D eigenvalue weighted by atomic mass is 16.2. The van der Waals surface area contributed by atoms with E-state index in [1.165, 1.54) is 32.1 Å². The zero-order chi connectivity index (χ0) is 10.6. The van der Waals surface area contributed by atoms with Crippen LogP contribution in [0.15, 0.2) is 0 Å². The Labute approximate surface area is 86.4 Å². The van der Waals surface area contributed by atoms with Gasteiger partial charge in [-0.3, -0.25) is 4.79 Å². The zero-order valence-corrected chi connectivity index (χ0v) is 9.31. The summed E-state index contributed by atoms with van der Waals surface area (Å²) >= 11 is 0. The first kappa shape index (κ1) is 11.5. The van der Waals surface area contributed by atoms with E-state index in [1.807, 2.05) is 0 Å². The topological polar surface area (TPSA) is 55.1 Å². The van der Waals surface area contributed by atoms with Crippen LogP contribution in [0.2, 0.25) is 0 Å². The largest absolute Gasteiger partial charge is 0.354 e. The Morgan fingerprint density at radius 1 is 1.43 bits per heavy atom. The summed E-state index contributed by atoms with van der Waals surface area (Å²) in [6.07, 6.45) is 6.39. The van der Waals surface area contributed by atoms with E-state index in [0.29, 0.717) is 5.41 Å². The van der Waals surface area contributed by atoms with Gasteiger partial charge in [-0.1, -0.05) is 26.2 Å². The van der Waals surface area contributed by atoms with Gasteiger partial charge < -0.3 is 11.1 Å². The predicted octanol–water partition coefficient (Wildman–Crippen LogP) is 1.42. The first-order valence-corrected chi connectivity index (χ1v) is 5.57. The van der Waals surface area contributed by atoms with Crippen LogP contribution in [0.5, 0.6) is 0 Å². The molecule has 0 saturated heterocycles. The van der Waals surface area contributed by atoms with Crippen LogP contribution in [0.4, 0.5) is 0 Å². The van der Waals surface area contributed by atoms with Gasteiger partial charge in [0, 0.05) is 6.54 Å². The molecule has 0 unspecified atom stereocenters. The fourth-order valence-electron chi connectivity index (χ4n) is 2.04. The molecule has 1 rings (SSSR count). The smallest absolute Gasteiger partial charge is 0.236 e. The second-order valence-corrected chi connectivity index (χ2v) is 4.88. The van der Waals surface area contributed by atoms with E-state index in [0.717, 1.165) is 6.54 Å². The maximum atomic E-state index is 11.3. The third kappa shape index (κ3) is 3.29. The monoisotopic (exact) mass is 198 g/mol. The molecule has 0 aromatic heterocycles. The summed E-state index contributed by atoms with van der Waals surface area (Å²) in [7, 11) is 0. The van der Waals surface area contributed by atoms with Crippen LogP contribution in [-0.2, 0) is 4.79 Å². The average Bonchev–Trinajstić information content (AvgIpc) is 2.15. The minimum Gasteiger partial charge on any atom is -0.354 e. The molecule has 0 aliphatic heterocycles. The van der Waals surface area contributed by atoms with E-state index in [9.17, 15) is 4.79 Å². The lowest BCUT2D eigenvalue weighted by Gasteiger charge is -2.33. The molecule has 1 aliphatic rings. The van der Waals surface area contributed by atoms with Crippen LogP contribution in [0, 0.1) is 5.41 Å². The number of nitrogens with one attached hydrogen (secondary N) is 1. The first-order valence-electron chi connectivity index (χ1n) is 5.57. The van der Waals surface area contributed by atoms with E-state index < -0.39 is 0 Å². The fraction of sp³-hybridized carbons (Fsp3) is 0.909. The highest BCUT2D eigenvalue weighted by Crippen LogP contribution is 2.34.